The second-order valence-electron chi connectivity index (χ2n) is 5.37. The number of benzene rings is 1. The van der Waals surface area contributed by atoms with E-state index in [0.717, 1.165) is 4.88 Å². The maximum atomic E-state index is 12.3. The Morgan fingerprint density at radius 2 is 1.89 bits per heavy atom. The SMILES string of the molecule is CC(C)(C)c1ccc(C(=O)c2cccc(N)c2)s1. The third-order valence-corrected chi connectivity index (χ3v) is 4.23. The fraction of sp³-hybridized carbons (Fsp3) is 0.267. The molecule has 0 amide bonds. The average Bonchev–Trinajstić information content (AvgIpc) is 2.77. The van der Waals surface area contributed by atoms with Crippen LogP contribution in [0.4, 0.5) is 5.69 Å². The Labute approximate surface area is 111 Å². The topological polar surface area (TPSA) is 43.1 Å². The first-order chi connectivity index (χ1) is 8.38. The van der Waals surface area contributed by atoms with Crippen LogP contribution in [-0.2, 0) is 5.41 Å². The molecule has 18 heavy (non-hydrogen) atoms. The zero-order chi connectivity index (χ0) is 13.3. The van der Waals surface area contributed by atoms with Crippen LogP contribution in [0.25, 0.3) is 0 Å². The quantitative estimate of drug-likeness (QED) is 0.657. The van der Waals surface area contributed by atoms with Gasteiger partial charge in [-0.1, -0.05) is 32.9 Å². The molecule has 0 bridgehead atoms. The molecule has 2 N–H and O–H groups in total. The van der Waals surface area contributed by atoms with E-state index in [4.69, 9.17) is 5.73 Å². The fourth-order valence-corrected chi connectivity index (χ4v) is 2.71. The minimum atomic E-state index is 0.0443. The number of ketones is 1. The van der Waals surface area contributed by atoms with Gasteiger partial charge in [0.15, 0.2) is 0 Å². The van der Waals surface area contributed by atoms with Crippen LogP contribution in [0.5, 0.6) is 0 Å². The second kappa shape index (κ2) is 4.58. The Morgan fingerprint density at radius 1 is 1.17 bits per heavy atom. The Bertz CT molecular complexity index is 578. The van der Waals surface area contributed by atoms with Crippen molar-refractivity contribution in [3.8, 4) is 0 Å². The minimum Gasteiger partial charge on any atom is -0.399 e. The van der Waals surface area contributed by atoms with Crippen molar-refractivity contribution in [3.05, 3.63) is 51.7 Å². The van der Waals surface area contributed by atoms with E-state index >= 15 is 0 Å². The van der Waals surface area contributed by atoms with Crippen LogP contribution < -0.4 is 5.73 Å². The number of anilines is 1. The van der Waals surface area contributed by atoms with E-state index in [1.54, 1.807) is 35.6 Å². The maximum Gasteiger partial charge on any atom is 0.203 e. The summed E-state index contributed by atoms with van der Waals surface area (Å²) in [5, 5.41) is 0. The van der Waals surface area contributed by atoms with E-state index in [1.807, 2.05) is 12.1 Å². The normalized spacial score (nSPS) is 11.5. The van der Waals surface area contributed by atoms with Gasteiger partial charge in [-0.25, -0.2) is 0 Å². The average molecular weight is 259 g/mol. The highest BCUT2D eigenvalue weighted by Gasteiger charge is 2.19. The molecule has 0 atom stereocenters. The lowest BCUT2D eigenvalue weighted by Crippen LogP contribution is -2.08. The molecule has 2 rings (SSSR count). The highest BCUT2D eigenvalue weighted by atomic mass is 32.1. The van der Waals surface area contributed by atoms with Gasteiger partial charge in [-0.15, -0.1) is 11.3 Å². The fourth-order valence-electron chi connectivity index (χ4n) is 1.69. The first kappa shape index (κ1) is 12.8. The van der Waals surface area contributed by atoms with Crippen molar-refractivity contribution in [2.45, 2.75) is 26.2 Å². The first-order valence-electron chi connectivity index (χ1n) is 5.88. The molecule has 0 spiro atoms. The van der Waals surface area contributed by atoms with Gasteiger partial charge < -0.3 is 5.73 Å². The molecule has 0 radical (unpaired) electrons. The Morgan fingerprint density at radius 3 is 2.44 bits per heavy atom. The number of carbonyl (C=O) groups is 1. The molecule has 1 aromatic carbocycles. The molecule has 1 heterocycles. The van der Waals surface area contributed by atoms with Crippen molar-refractivity contribution < 1.29 is 4.79 Å². The summed E-state index contributed by atoms with van der Waals surface area (Å²) in [6.07, 6.45) is 0. The van der Waals surface area contributed by atoms with E-state index in [0.29, 0.717) is 11.3 Å². The minimum absolute atomic E-state index is 0.0443. The lowest BCUT2D eigenvalue weighted by Gasteiger charge is -2.15. The van der Waals surface area contributed by atoms with Crippen molar-refractivity contribution in [3.63, 3.8) is 0 Å². The summed E-state index contributed by atoms with van der Waals surface area (Å²) in [7, 11) is 0. The van der Waals surface area contributed by atoms with Crippen LogP contribution in [0.1, 0.15) is 40.9 Å². The lowest BCUT2D eigenvalue weighted by atomic mass is 9.95. The van der Waals surface area contributed by atoms with Crippen LogP contribution in [0, 0.1) is 0 Å². The summed E-state index contributed by atoms with van der Waals surface area (Å²) in [6.45, 7) is 6.44. The Kier molecular flexibility index (Phi) is 3.26. The van der Waals surface area contributed by atoms with E-state index in [9.17, 15) is 4.79 Å². The van der Waals surface area contributed by atoms with Gasteiger partial charge in [-0.3, -0.25) is 4.79 Å². The molecule has 2 nitrogen and oxygen atoms in total. The number of nitrogens with two attached hydrogens (primary N) is 1. The largest absolute Gasteiger partial charge is 0.399 e. The van der Waals surface area contributed by atoms with E-state index in [2.05, 4.69) is 20.8 Å². The van der Waals surface area contributed by atoms with Gasteiger partial charge in [-0.2, -0.15) is 0 Å². The molecule has 0 unspecified atom stereocenters. The van der Waals surface area contributed by atoms with E-state index in [-0.39, 0.29) is 11.2 Å². The smallest absolute Gasteiger partial charge is 0.203 e. The predicted molar refractivity (Wildman–Crippen MR) is 77.3 cm³/mol. The predicted octanol–water partition coefficient (Wildman–Crippen LogP) is 3.86. The summed E-state index contributed by atoms with van der Waals surface area (Å²) in [5.41, 5.74) is 7.05. The van der Waals surface area contributed by atoms with Crippen molar-refractivity contribution in [1.29, 1.82) is 0 Å². The Hall–Kier alpha value is -1.61. The van der Waals surface area contributed by atoms with Crippen LogP contribution in [0.3, 0.4) is 0 Å². The summed E-state index contributed by atoms with van der Waals surface area (Å²) in [4.78, 5) is 14.3. The standard InChI is InChI=1S/C15H17NOS/c1-15(2,3)13-8-7-12(18-13)14(17)10-5-4-6-11(16)9-10/h4-9H,16H2,1-3H3. The van der Waals surface area contributed by atoms with Crippen molar-refractivity contribution >= 4 is 22.8 Å². The molecule has 94 valence electrons. The molecule has 0 fully saturated rings. The third kappa shape index (κ3) is 2.62. The molecule has 3 heteroatoms. The molecular weight excluding hydrogens is 242 g/mol. The van der Waals surface area contributed by atoms with Gasteiger partial charge in [0, 0.05) is 16.1 Å². The van der Waals surface area contributed by atoms with Crippen molar-refractivity contribution in [2.75, 3.05) is 5.73 Å². The van der Waals surface area contributed by atoms with Crippen LogP contribution in [0.15, 0.2) is 36.4 Å². The monoisotopic (exact) mass is 259 g/mol. The second-order valence-corrected chi connectivity index (χ2v) is 6.45. The highest BCUT2D eigenvalue weighted by molar-refractivity contribution is 7.14. The first-order valence-corrected chi connectivity index (χ1v) is 6.70. The lowest BCUT2D eigenvalue weighted by molar-refractivity contribution is 0.104. The van der Waals surface area contributed by atoms with Crippen LogP contribution >= 0.6 is 11.3 Å². The summed E-state index contributed by atoms with van der Waals surface area (Å²) in [5.74, 6) is 0.0443. The van der Waals surface area contributed by atoms with E-state index in [1.165, 1.54) is 4.88 Å². The summed E-state index contributed by atoms with van der Waals surface area (Å²) < 4.78 is 0. The van der Waals surface area contributed by atoms with Gasteiger partial charge >= 0.3 is 0 Å². The summed E-state index contributed by atoms with van der Waals surface area (Å²) in [6, 6.07) is 11.0. The number of rotatable bonds is 2. The number of hydrogen-bond acceptors (Lipinski definition) is 3. The number of hydrogen-bond donors (Lipinski definition) is 1. The third-order valence-electron chi connectivity index (χ3n) is 2.72. The molecular formula is C15H17NOS. The van der Waals surface area contributed by atoms with Crippen molar-refractivity contribution in [1.82, 2.24) is 0 Å². The van der Waals surface area contributed by atoms with Crippen molar-refractivity contribution in [2.24, 2.45) is 0 Å². The van der Waals surface area contributed by atoms with E-state index < -0.39 is 0 Å². The zero-order valence-corrected chi connectivity index (χ0v) is 11.7. The molecule has 2 aromatic rings. The molecule has 0 saturated carbocycles. The molecule has 0 aliphatic heterocycles. The van der Waals surface area contributed by atoms with Gasteiger partial charge in [0.2, 0.25) is 5.78 Å². The van der Waals surface area contributed by atoms with Crippen LogP contribution in [-0.4, -0.2) is 5.78 Å². The molecule has 0 saturated heterocycles. The van der Waals surface area contributed by atoms with Gasteiger partial charge in [0.1, 0.15) is 0 Å². The Balaban J connectivity index is 2.33. The number of carbonyl (C=O) groups excluding carboxylic acids is 1. The van der Waals surface area contributed by atoms with Crippen LogP contribution in [0.2, 0.25) is 0 Å². The van der Waals surface area contributed by atoms with Gasteiger partial charge in [0.05, 0.1) is 4.88 Å². The molecule has 1 aromatic heterocycles. The maximum absolute atomic E-state index is 12.3. The highest BCUT2D eigenvalue weighted by Crippen LogP contribution is 2.30. The number of nitrogen functional groups attached to an aromatic ring is 1. The summed E-state index contributed by atoms with van der Waals surface area (Å²) >= 11 is 1.56. The molecule has 0 aliphatic carbocycles. The number of thiophene rings is 1. The van der Waals surface area contributed by atoms with Gasteiger partial charge in [-0.05, 0) is 29.7 Å². The molecule has 0 aliphatic rings. The zero-order valence-electron chi connectivity index (χ0n) is 10.9. The van der Waals surface area contributed by atoms with Gasteiger partial charge in [0.25, 0.3) is 0 Å².